The van der Waals surface area contributed by atoms with Gasteiger partial charge in [0.15, 0.2) is 17.5 Å². The van der Waals surface area contributed by atoms with Crippen LogP contribution in [0.25, 0.3) is 106 Å². The fourth-order valence-corrected chi connectivity index (χ4v) is 7.60. The zero-order chi connectivity index (χ0) is 33.5. The van der Waals surface area contributed by atoms with Gasteiger partial charge in [-0.3, -0.25) is 0 Å². The first-order valence-corrected chi connectivity index (χ1v) is 16.9. The number of aromatic nitrogens is 4. The molecule has 0 spiro atoms. The Bertz CT molecular complexity index is 3150. The zero-order valence-electron chi connectivity index (χ0n) is 27.1. The second kappa shape index (κ2) is 10.7. The van der Waals surface area contributed by atoms with Gasteiger partial charge in [0, 0.05) is 49.1 Å². The third-order valence-electron chi connectivity index (χ3n) is 9.87. The predicted molar refractivity (Wildman–Crippen MR) is 205 cm³/mol. The highest BCUT2D eigenvalue weighted by Crippen LogP contribution is 2.40. The van der Waals surface area contributed by atoms with E-state index in [0.717, 1.165) is 82.7 Å². The molecule has 0 atom stereocenters. The first-order chi connectivity index (χ1) is 25.3. The van der Waals surface area contributed by atoms with E-state index in [1.807, 2.05) is 66.7 Å². The Morgan fingerprint density at radius 1 is 0.392 bits per heavy atom. The van der Waals surface area contributed by atoms with Gasteiger partial charge in [-0.25, -0.2) is 15.0 Å². The number of hydrogen-bond donors (Lipinski definition) is 0. The van der Waals surface area contributed by atoms with Gasteiger partial charge in [0.2, 0.25) is 0 Å². The zero-order valence-corrected chi connectivity index (χ0v) is 27.1. The van der Waals surface area contributed by atoms with E-state index in [2.05, 4.69) is 95.6 Å². The molecule has 6 nitrogen and oxygen atoms in total. The highest BCUT2D eigenvalue weighted by molar-refractivity contribution is 6.13. The van der Waals surface area contributed by atoms with Gasteiger partial charge in [-0.2, -0.15) is 0 Å². The molecule has 0 unspecified atom stereocenters. The monoisotopic (exact) mass is 654 g/mol. The van der Waals surface area contributed by atoms with Crippen LogP contribution in [0.4, 0.5) is 0 Å². The fourth-order valence-electron chi connectivity index (χ4n) is 7.60. The van der Waals surface area contributed by atoms with Crippen LogP contribution in [0.1, 0.15) is 0 Å². The van der Waals surface area contributed by atoms with E-state index in [4.69, 9.17) is 23.8 Å². The van der Waals surface area contributed by atoms with Gasteiger partial charge in [-0.15, -0.1) is 0 Å². The van der Waals surface area contributed by atoms with Gasteiger partial charge >= 0.3 is 0 Å². The van der Waals surface area contributed by atoms with Crippen molar-refractivity contribution in [3.63, 3.8) is 0 Å². The Balaban J connectivity index is 1.21. The molecule has 0 N–H and O–H groups in total. The summed E-state index contributed by atoms with van der Waals surface area (Å²) in [6.45, 7) is 0. The minimum atomic E-state index is 0.535. The lowest BCUT2D eigenvalue weighted by Gasteiger charge is -2.11. The number of nitrogens with zero attached hydrogens (tertiary/aromatic N) is 4. The van der Waals surface area contributed by atoms with Crippen molar-refractivity contribution in [1.29, 1.82) is 0 Å². The van der Waals surface area contributed by atoms with Crippen molar-refractivity contribution in [2.45, 2.75) is 0 Å². The summed E-state index contributed by atoms with van der Waals surface area (Å²) in [5.41, 5.74) is 9.04. The van der Waals surface area contributed by atoms with Crippen LogP contribution in [-0.4, -0.2) is 19.5 Å². The lowest BCUT2D eigenvalue weighted by atomic mass is 10.0. The van der Waals surface area contributed by atoms with Crippen LogP contribution in [-0.2, 0) is 0 Å². The molecule has 0 aliphatic carbocycles. The van der Waals surface area contributed by atoms with Gasteiger partial charge < -0.3 is 13.4 Å². The van der Waals surface area contributed by atoms with E-state index < -0.39 is 0 Å². The van der Waals surface area contributed by atoms with Crippen molar-refractivity contribution in [2.75, 3.05) is 0 Å². The van der Waals surface area contributed by atoms with Crippen LogP contribution in [0, 0.1) is 0 Å². The maximum absolute atomic E-state index is 6.48. The van der Waals surface area contributed by atoms with Crippen molar-refractivity contribution in [3.8, 4) is 39.9 Å². The molecule has 0 bridgehead atoms. The van der Waals surface area contributed by atoms with Crippen LogP contribution in [0.2, 0.25) is 0 Å². The summed E-state index contributed by atoms with van der Waals surface area (Å²) in [4.78, 5) is 15.6. The number of hydrogen-bond acceptors (Lipinski definition) is 5. The Kier molecular flexibility index (Phi) is 5.86. The lowest BCUT2D eigenvalue weighted by molar-refractivity contribution is 0.668. The van der Waals surface area contributed by atoms with Crippen LogP contribution >= 0.6 is 0 Å². The average molecular weight is 655 g/mol. The van der Waals surface area contributed by atoms with Crippen LogP contribution in [0.15, 0.2) is 167 Å². The second-order valence-corrected chi connectivity index (χ2v) is 12.8. The van der Waals surface area contributed by atoms with Gasteiger partial charge in [0.1, 0.15) is 22.3 Å². The van der Waals surface area contributed by atoms with Crippen molar-refractivity contribution >= 4 is 65.7 Å². The lowest BCUT2D eigenvalue weighted by Crippen LogP contribution is -2.01. The molecule has 0 saturated heterocycles. The maximum atomic E-state index is 6.48. The second-order valence-electron chi connectivity index (χ2n) is 12.8. The molecule has 11 aromatic rings. The standard InChI is InChI=1S/C45H26N4O2/c1-2-12-28(13-3-1)49-36-20-7-4-14-29(36)30-25-24-27(26-37(30)49)43-46-44(34-18-11-23-40-41(34)33-16-6-9-22-39(33)50-40)48-45(47-43)35-19-10-17-32-31-15-5-8-21-38(31)51-42(32)35/h1-26H. The van der Waals surface area contributed by atoms with Crippen molar-refractivity contribution in [3.05, 3.63) is 158 Å². The first kappa shape index (κ1) is 27.9. The van der Waals surface area contributed by atoms with Crippen molar-refractivity contribution in [2.24, 2.45) is 0 Å². The number of furan rings is 2. The third kappa shape index (κ3) is 4.20. The summed E-state index contributed by atoms with van der Waals surface area (Å²) >= 11 is 0. The van der Waals surface area contributed by atoms with Gasteiger partial charge in [-0.1, -0.05) is 109 Å². The van der Waals surface area contributed by atoms with E-state index >= 15 is 0 Å². The minimum absolute atomic E-state index is 0.535. The summed E-state index contributed by atoms with van der Waals surface area (Å²) in [5, 5.41) is 6.41. The molecule has 4 aromatic heterocycles. The number of fused-ring (bicyclic) bond motifs is 9. The molecule has 11 rings (SSSR count). The van der Waals surface area contributed by atoms with Crippen molar-refractivity contribution < 1.29 is 8.83 Å². The summed E-state index contributed by atoms with van der Waals surface area (Å²) in [6.07, 6.45) is 0. The average Bonchev–Trinajstić information content (AvgIpc) is 3.87. The Labute approximate surface area is 290 Å². The normalized spacial score (nSPS) is 11.9. The topological polar surface area (TPSA) is 69.9 Å². The molecule has 0 aliphatic heterocycles. The molecule has 6 heteroatoms. The SMILES string of the molecule is c1ccc(-n2c3ccccc3c3ccc(-c4nc(-c5cccc6c5oc5ccccc56)nc(-c5cccc6oc7ccccc7c56)n4)cc32)cc1. The molecule has 0 amide bonds. The number of para-hydroxylation sites is 5. The summed E-state index contributed by atoms with van der Waals surface area (Å²) in [7, 11) is 0. The van der Waals surface area contributed by atoms with Gasteiger partial charge in [0.25, 0.3) is 0 Å². The minimum Gasteiger partial charge on any atom is -0.456 e. The van der Waals surface area contributed by atoms with E-state index in [0.29, 0.717) is 17.5 Å². The van der Waals surface area contributed by atoms with Crippen LogP contribution in [0.5, 0.6) is 0 Å². The van der Waals surface area contributed by atoms with E-state index in [-0.39, 0.29) is 0 Å². The largest absolute Gasteiger partial charge is 0.456 e. The van der Waals surface area contributed by atoms with Crippen LogP contribution < -0.4 is 0 Å². The molecule has 0 aliphatic rings. The number of benzene rings is 7. The molecular weight excluding hydrogens is 629 g/mol. The smallest absolute Gasteiger partial charge is 0.167 e. The van der Waals surface area contributed by atoms with E-state index in [9.17, 15) is 0 Å². The maximum Gasteiger partial charge on any atom is 0.167 e. The molecule has 0 saturated carbocycles. The van der Waals surface area contributed by atoms with E-state index in [1.165, 1.54) is 5.39 Å². The Hall–Kier alpha value is -7.05. The summed E-state index contributed by atoms with van der Waals surface area (Å²) < 4.78 is 15.1. The van der Waals surface area contributed by atoms with Crippen LogP contribution in [0.3, 0.4) is 0 Å². The molecule has 4 heterocycles. The molecule has 7 aromatic carbocycles. The highest BCUT2D eigenvalue weighted by Gasteiger charge is 2.21. The molecule has 0 radical (unpaired) electrons. The first-order valence-electron chi connectivity index (χ1n) is 16.9. The van der Waals surface area contributed by atoms with Crippen molar-refractivity contribution in [1.82, 2.24) is 19.5 Å². The fraction of sp³-hybridized carbons (Fsp3) is 0. The quantitative estimate of drug-likeness (QED) is 0.189. The highest BCUT2D eigenvalue weighted by atomic mass is 16.3. The summed E-state index contributed by atoms with van der Waals surface area (Å²) in [5.74, 6) is 1.66. The van der Waals surface area contributed by atoms with Gasteiger partial charge in [-0.05, 0) is 48.5 Å². The summed E-state index contributed by atoms with van der Waals surface area (Å²) in [6, 6.07) is 53.9. The Morgan fingerprint density at radius 3 is 1.86 bits per heavy atom. The molecule has 238 valence electrons. The predicted octanol–water partition coefficient (Wildman–Crippen LogP) is 11.8. The molecule has 51 heavy (non-hydrogen) atoms. The number of rotatable bonds is 4. The third-order valence-corrected chi connectivity index (χ3v) is 9.87. The Morgan fingerprint density at radius 2 is 1.00 bits per heavy atom. The molecule has 0 fully saturated rings. The molecular formula is C45H26N4O2. The van der Waals surface area contributed by atoms with Gasteiger partial charge in [0.05, 0.1) is 16.6 Å². The van der Waals surface area contributed by atoms with E-state index in [1.54, 1.807) is 0 Å².